The Morgan fingerprint density at radius 3 is 2.78 bits per heavy atom. The van der Waals surface area contributed by atoms with Crippen LogP contribution >= 0.6 is 0 Å². The fourth-order valence-electron chi connectivity index (χ4n) is 4.45. The summed E-state index contributed by atoms with van der Waals surface area (Å²) in [5.74, 6) is -0.174. The Balaban J connectivity index is 1.56. The maximum Gasteiger partial charge on any atom is 0.332 e. The number of hydrogen-bond donors (Lipinski definition) is 2. The lowest BCUT2D eigenvalue weighted by Crippen LogP contribution is -2.53. The number of benzene rings is 1. The van der Waals surface area contributed by atoms with Gasteiger partial charge in [-0.2, -0.15) is 0 Å². The molecule has 1 aromatic carbocycles. The number of aromatic nitrogens is 6. The molecule has 0 radical (unpaired) electrons. The monoisotopic (exact) mass is 437 g/mol. The van der Waals surface area contributed by atoms with Crippen molar-refractivity contribution in [1.29, 1.82) is 0 Å². The third-order valence-corrected chi connectivity index (χ3v) is 6.46. The Kier molecular flexibility index (Phi) is 4.35. The number of piperidine rings is 1. The molecule has 2 atom stereocenters. The average molecular weight is 437 g/mol. The number of hydrogen-bond acceptors (Lipinski definition) is 6. The van der Waals surface area contributed by atoms with Crippen molar-refractivity contribution in [3.8, 4) is 0 Å². The molecule has 4 heterocycles. The first kappa shape index (κ1) is 20.2. The van der Waals surface area contributed by atoms with Gasteiger partial charge in [0.15, 0.2) is 11.2 Å². The first-order valence-electron chi connectivity index (χ1n) is 10.3. The molecular formula is C21H23N7O4. The van der Waals surface area contributed by atoms with Gasteiger partial charge < -0.3 is 19.6 Å². The van der Waals surface area contributed by atoms with Crippen molar-refractivity contribution in [3.63, 3.8) is 0 Å². The topological polar surface area (TPSA) is 131 Å². The van der Waals surface area contributed by atoms with Crippen LogP contribution in [0.25, 0.3) is 22.2 Å². The van der Waals surface area contributed by atoms with Gasteiger partial charge in [-0.15, -0.1) is 0 Å². The molecule has 3 aromatic heterocycles. The molecular weight excluding hydrogens is 414 g/mol. The zero-order chi connectivity index (χ0) is 22.8. The van der Waals surface area contributed by atoms with E-state index in [1.807, 2.05) is 0 Å². The van der Waals surface area contributed by atoms with Crippen LogP contribution in [0.15, 0.2) is 40.4 Å². The standard InChI is InChI=1S/C21H23N7O4/c1-21(32)6-7-27(18(29)12-4-5-13-14(8-12)23-10-22-13)9-15(21)28-11-24-17-16(28)19(30)26(3)20(31)25(17)2/h4-5,8,10-11,15,32H,6-7,9H2,1-3H3,(H,22,23)/t15-,21-/m0/s1. The summed E-state index contributed by atoms with van der Waals surface area (Å²) < 4.78 is 3.91. The zero-order valence-electron chi connectivity index (χ0n) is 17.9. The van der Waals surface area contributed by atoms with E-state index in [1.54, 1.807) is 48.0 Å². The third kappa shape index (κ3) is 2.88. The fraction of sp³-hybridized carbons (Fsp3) is 0.381. The van der Waals surface area contributed by atoms with Crippen molar-refractivity contribution < 1.29 is 9.90 Å². The van der Waals surface area contributed by atoms with E-state index in [0.717, 1.165) is 15.6 Å². The number of nitrogens with one attached hydrogen (secondary N) is 1. The quantitative estimate of drug-likeness (QED) is 0.459. The maximum atomic E-state index is 13.2. The lowest BCUT2D eigenvalue weighted by Gasteiger charge is -2.43. The van der Waals surface area contributed by atoms with E-state index < -0.39 is 22.9 Å². The predicted octanol–water partition coefficient (Wildman–Crippen LogP) is 0.148. The van der Waals surface area contributed by atoms with Gasteiger partial charge in [0.25, 0.3) is 11.5 Å². The molecule has 1 saturated heterocycles. The van der Waals surface area contributed by atoms with Crippen molar-refractivity contribution in [3.05, 3.63) is 57.3 Å². The van der Waals surface area contributed by atoms with Gasteiger partial charge in [-0.25, -0.2) is 14.8 Å². The smallest absolute Gasteiger partial charge is 0.332 e. The summed E-state index contributed by atoms with van der Waals surface area (Å²) >= 11 is 0. The number of aromatic amines is 1. The van der Waals surface area contributed by atoms with Gasteiger partial charge in [0.2, 0.25) is 0 Å². The normalized spacial score (nSPS) is 21.5. The van der Waals surface area contributed by atoms with E-state index in [0.29, 0.717) is 18.5 Å². The summed E-state index contributed by atoms with van der Waals surface area (Å²) in [6.07, 6.45) is 3.35. The van der Waals surface area contributed by atoms with E-state index in [-0.39, 0.29) is 23.6 Å². The average Bonchev–Trinajstić information content (AvgIpc) is 3.42. The molecule has 1 amide bonds. The van der Waals surface area contributed by atoms with Crippen LogP contribution in [-0.2, 0) is 14.1 Å². The first-order valence-corrected chi connectivity index (χ1v) is 10.3. The summed E-state index contributed by atoms with van der Waals surface area (Å²) in [6.45, 7) is 2.24. The van der Waals surface area contributed by atoms with Crippen molar-refractivity contribution in [2.75, 3.05) is 13.1 Å². The SMILES string of the molecule is Cn1c(=O)c2c(ncn2[C@H]2CN(C(=O)c3ccc4nc[nH]c4c3)CC[C@]2(C)O)n(C)c1=O. The number of aliphatic hydroxyl groups is 1. The lowest BCUT2D eigenvalue weighted by molar-refractivity contribution is -0.0432. The summed E-state index contributed by atoms with van der Waals surface area (Å²) in [4.78, 5) is 51.5. The molecule has 0 aliphatic carbocycles. The van der Waals surface area contributed by atoms with E-state index in [2.05, 4.69) is 15.0 Å². The Morgan fingerprint density at radius 1 is 1.22 bits per heavy atom. The van der Waals surface area contributed by atoms with Crippen LogP contribution in [0.5, 0.6) is 0 Å². The number of imidazole rings is 2. The Bertz CT molecular complexity index is 1490. The van der Waals surface area contributed by atoms with Gasteiger partial charge in [-0.05, 0) is 31.5 Å². The molecule has 11 heteroatoms. The fourth-order valence-corrected chi connectivity index (χ4v) is 4.45. The highest BCUT2D eigenvalue weighted by molar-refractivity contribution is 5.97. The maximum absolute atomic E-state index is 13.2. The molecule has 1 aliphatic rings. The highest BCUT2D eigenvalue weighted by Gasteiger charge is 2.41. The number of carbonyl (C=O) groups is 1. The number of carbonyl (C=O) groups excluding carboxylic acids is 1. The second kappa shape index (κ2) is 6.89. The number of likely N-dealkylation sites (tertiary alicyclic amines) is 1. The summed E-state index contributed by atoms with van der Waals surface area (Å²) in [5, 5.41) is 11.2. The molecule has 1 aliphatic heterocycles. The number of nitrogens with zero attached hydrogens (tertiary/aromatic N) is 6. The number of amides is 1. The molecule has 32 heavy (non-hydrogen) atoms. The molecule has 5 rings (SSSR count). The zero-order valence-corrected chi connectivity index (χ0v) is 17.9. The number of H-pyrrole nitrogens is 1. The van der Waals surface area contributed by atoms with Crippen LogP contribution in [-0.4, -0.2) is 63.3 Å². The second-order valence-electron chi connectivity index (χ2n) is 8.54. The van der Waals surface area contributed by atoms with Crippen molar-refractivity contribution >= 4 is 28.1 Å². The van der Waals surface area contributed by atoms with Crippen LogP contribution in [0.3, 0.4) is 0 Å². The number of rotatable bonds is 2. The van der Waals surface area contributed by atoms with Crippen LogP contribution in [0.2, 0.25) is 0 Å². The van der Waals surface area contributed by atoms with Gasteiger partial charge in [0.1, 0.15) is 0 Å². The third-order valence-electron chi connectivity index (χ3n) is 6.46. The summed E-state index contributed by atoms with van der Waals surface area (Å²) in [5.41, 5.74) is 0.343. The molecule has 4 aromatic rings. The van der Waals surface area contributed by atoms with Gasteiger partial charge >= 0.3 is 5.69 Å². The van der Waals surface area contributed by atoms with Crippen LogP contribution in [0.1, 0.15) is 29.7 Å². The Hall–Kier alpha value is -3.73. The first-order chi connectivity index (χ1) is 15.2. The highest BCUT2D eigenvalue weighted by Crippen LogP contribution is 2.33. The molecule has 166 valence electrons. The molecule has 0 spiro atoms. The molecule has 1 fully saturated rings. The Morgan fingerprint density at radius 2 is 2.00 bits per heavy atom. The Labute approximate surface area is 181 Å². The van der Waals surface area contributed by atoms with Crippen molar-refractivity contribution in [2.45, 2.75) is 25.0 Å². The number of aryl methyl sites for hydroxylation is 1. The van der Waals surface area contributed by atoms with Gasteiger partial charge in [-0.3, -0.25) is 18.7 Å². The molecule has 0 unspecified atom stereocenters. The summed E-state index contributed by atoms with van der Waals surface area (Å²) in [6, 6.07) is 4.64. The highest BCUT2D eigenvalue weighted by atomic mass is 16.3. The number of fused-ring (bicyclic) bond motifs is 2. The second-order valence-corrected chi connectivity index (χ2v) is 8.54. The predicted molar refractivity (Wildman–Crippen MR) is 116 cm³/mol. The molecule has 11 nitrogen and oxygen atoms in total. The minimum Gasteiger partial charge on any atom is -0.388 e. The van der Waals surface area contributed by atoms with E-state index in [9.17, 15) is 19.5 Å². The van der Waals surface area contributed by atoms with Gasteiger partial charge in [0, 0.05) is 32.7 Å². The minimum absolute atomic E-state index is 0.174. The molecule has 0 saturated carbocycles. The minimum atomic E-state index is -1.18. The van der Waals surface area contributed by atoms with Crippen LogP contribution in [0, 0.1) is 0 Å². The van der Waals surface area contributed by atoms with Crippen LogP contribution < -0.4 is 11.2 Å². The molecule has 2 N–H and O–H groups in total. The molecule has 0 bridgehead atoms. The van der Waals surface area contributed by atoms with E-state index >= 15 is 0 Å². The van der Waals surface area contributed by atoms with Crippen LogP contribution in [0.4, 0.5) is 0 Å². The van der Waals surface area contributed by atoms with E-state index in [4.69, 9.17) is 0 Å². The van der Waals surface area contributed by atoms with Crippen molar-refractivity contribution in [2.24, 2.45) is 14.1 Å². The summed E-state index contributed by atoms with van der Waals surface area (Å²) in [7, 11) is 2.95. The van der Waals surface area contributed by atoms with Gasteiger partial charge in [-0.1, -0.05) is 0 Å². The van der Waals surface area contributed by atoms with Crippen molar-refractivity contribution in [1.82, 2.24) is 33.6 Å². The lowest BCUT2D eigenvalue weighted by atomic mass is 9.87. The van der Waals surface area contributed by atoms with Gasteiger partial charge in [0.05, 0.1) is 35.3 Å². The largest absolute Gasteiger partial charge is 0.388 e. The van der Waals surface area contributed by atoms with E-state index in [1.165, 1.54) is 17.9 Å².